The van der Waals surface area contributed by atoms with Crippen molar-refractivity contribution in [3.05, 3.63) is 90.0 Å². The Morgan fingerprint density at radius 2 is 1.65 bits per heavy atom. The molecule has 9 heteroatoms. The summed E-state index contributed by atoms with van der Waals surface area (Å²) >= 11 is 0. The van der Waals surface area contributed by atoms with E-state index in [4.69, 9.17) is 4.74 Å². The first-order valence-electron chi connectivity index (χ1n) is 13.6. The van der Waals surface area contributed by atoms with Gasteiger partial charge in [-0.1, -0.05) is 60.9 Å². The normalized spacial score (nSPS) is 14.4. The van der Waals surface area contributed by atoms with Crippen molar-refractivity contribution in [1.29, 1.82) is 0 Å². The smallest absolute Gasteiger partial charge is 0.264 e. The van der Waals surface area contributed by atoms with E-state index >= 15 is 0 Å². The second-order valence-electron chi connectivity index (χ2n) is 10.2. The lowest BCUT2D eigenvalue weighted by atomic mass is 10.1. The van der Waals surface area contributed by atoms with Crippen LogP contribution in [0.25, 0.3) is 0 Å². The number of carbonyl (C=O) groups excluding carboxylic acids is 2. The third-order valence-corrected chi connectivity index (χ3v) is 9.06. The number of ether oxygens (including phenoxy) is 1. The van der Waals surface area contributed by atoms with Crippen molar-refractivity contribution in [3.8, 4) is 5.75 Å². The van der Waals surface area contributed by atoms with Crippen molar-refractivity contribution >= 4 is 27.5 Å². The van der Waals surface area contributed by atoms with Crippen LogP contribution in [0.2, 0.25) is 0 Å². The Morgan fingerprint density at radius 1 is 0.975 bits per heavy atom. The number of methoxy groups -OCH3 is 1. The molecule has 1 N–H and O–H groups in total. The van der Waals surface area contributed by atoms with Gasteiger partial charge in [0.25, 0.3) is 10.0 Å². The maximum absolute atomic E-state index is 14.0. The highest BCUT2D eigenvalue weighted by Crippen LogP contribution is 2.26. The monoisotopic (exact) mass is 563 g/mol. The topological polar surface area (TPSA) is 96.0 Å². The van der Waals surface area contributed by atoms with Gasteiger partial charge in [-0.15, -0.1) is 0 Å². The van der Waals surface area contributed by atoms with Crippen LogP contribution >= 0.6 is 0 Å². The Hall–Kier alpha value is -3.85. The van der Waals surface area contributed by atoms with Gasteiger partial charge in [-0.25, -0.2) is 8.42 Å². The third-order valence-electron chi connectivity index (χ3n) is 7.27. The highest BCUT2D eigenvalue weighted by molar-refractivity contribution is 7.92. The lowest BCUT2D eigenvalue weighted by molar-refractivity contribution is -0.139. The van der Waals surface area contributed by atoms with Crippen LogP contribution in [-0.4, -0.2) is 50.9 Å². The molecule has 1 aliphatic rings. The molecule has 0 unspecified atom stereocenters. The predicted molar refractivity (Wildman–Crippen MR) is 156 cm³/mol. The van der Waals surface area contributed by atoms with E-state index in [1.165, 1.54) is 24.1 Å². The summed E-state index contributed by atoms with van der Waals surface area (Å²) in [6.07, 6.45) is 3.99. The number of para-hydroxylation sites is 1. The molecule has 0 saturated heterocycles. The summed E-state index contributed by atoms with van der Waals surface area (Å²) in [7, 11) is -2.62. The van der Waals surface area contributed by atoms with Gasteiger partial charge < -0.3 is 15.0 Å². The molecule has 1 fully saturated rings. The van der Waals surface area contributed by atoms with Crippen LogP contribution in [0.5, 0.6) is 5.75 Å². The summed E-state index contributed by atoms with van der Waals surface area (Å²) in [6.45, 7) is 3.36. The van der Waals surface area contributed by atoms with Crippen LogP contribution in [-0.2, 0) is 26.2 Å². The average molecular weight is 564 g/mol. The molecule has 1 aliphatic carbocycles. The van der Waals surface area contributed by atoms with Gasteiger partial charge in [-0.3, -0.25) is 13.9 Å². The molecule has 212 valence electrons. The maximum Gasteiger partial charge on any atom is 0.264 e. The third kappa shape index (κ3) is 7.01. The van der Waals surface area contributed by atoms with E-state index in [-0.39, 0.29) is 23.4 Å². The van der Waals surface area contributed by atoms with Gasteiger partial charge in [0.2, 0.25) is 11.8 Å². The van der Waals surface area contributed by atoms with Crippen LogP contribution < -0.4 is 14.4 Å². The number of sulfonamides is 1. The van der Waals surface area contributed by atoms with Gasteiger partial charge in [0, 0.05) is 12.6 Å². The Morgan fingerprint density at radius 3 is 2.27 bits per heavy atom. The van der Waals surface area contributed by atoms with Gasteiger partial charge in [0.1, 0.15) is 18.3 Å². The molecule has 4 rings (SSSR count). The SMILES string of the molecule is COc1ccc(S(=O)(=O)N(CC(=O)N(Cc2cccc(C)c2)[C@H](C)C(=O)NC2CCCC2)c2ccccc2)cc1. The maximum atomic E-state index is 14.0. The summed E-state index contributed by atoms with van der Waals surface area (Å²) < 4.78 is 34.0. The highest BCUT2D eigenvalue weighted by atomic mass is 32.2. The number of hydrogen-bond acceptors (Lipinski definition) is 5. The summed E-state index contributed by atoms with van der Waals surface area (Å²) in [4.78, 5) is 28.8. The zero-order chi connectivity index (χ0) is 28.7. The molecule has 8 nitrogen and oxygen atoms in total. The van der Waals surface area contributed by atoms with E-state index in [0.29, 0.717) is 11.4 Å². The highest BCUT2D eigenvalue weighted by Gasteiger charge is 2.33. The first kappa shape index (κ1) is 29.1. The molecule has 2 amide bonds. The van der Waals surface area contributed by atoms with E-state index in [0.717, 1.165) is 41.1 Å². The van der Waals surface area contributed by atoms with Crippen LogP contribution in [0.15, 0.2) is 83.8 Å². The Kier molecular flexibility index (Phi) is 9.47. The number of aryl methyl sites for hydroxylation is 1. The molecule has 0 bridgehead atoms. The van der Waals surface area contributed by atoms with Gasteiger partial charge in [-0.05, 0) is 68.7 Å². The van der Waals surface area contributed by atoms with Crippen LogP contribution in [0, 0.1) is 6.92 Å². The standard InChI is InChI=1S/C31H37N3O5S/c1-23-10-9-11-25(20-23)21-33(24(2)31(36)32-26-12-7-8-13-26)30(35)22-34(27-14-5-4-6-15-27)40(37,38)29-18-16-28(39-3)17-19-29/h4-6,9-11,14-20,24,26H,7-8,12-13,21-22H2,1-3H3,(H,32,36)/t24-/m1/s1. The fourth-order valence-electron chi connectivity index (χ4n) is 4.98. The second-order valence-corrected chi connectivity index (χ2v) is 12.1. The summed E-state index contributed by atoms with van der Waals surface area (Å²) in [6, 6.07) is 21.6. The lowest BCUT2D eigenvalue weighted by Crippen LogP contribution is -2.52. The van der Waals surface area contributed by atoms with Crippen molar-refractivity contribution in [3.63, 3.8) is 0 Å². The molecule has 1 saturated carbocycles. The molecule has 0 heterocycles. The van der Waals surface area contributed by atoms with Crippen molar-refractivity contribution in [1.82, 2.24) is 10.2 Å². The molecule has 0 aromatic heterocycles. The van der Waals surface area contributed by atoms with Crippen LogP contribution in [0.3, 0.4) is 0 Å². The van der Waals surface area contributed by atoms with Crippen molar-refractivity contribution in [2.24, 2.45) is 0 Å². The number of amides is 2. The van der Waals surface area contributed by atoms with Gasteiger partial charge >= 0.3 is 0 Å². The predicted octanol–water partition coefficient (Wildman–Crippen LogP) is 4.68. The number of anilines is 1. The first-order valence-corrected chi connectivity index (χ1v) is 15.0. The molecule has 0 aliphatic heterocycles. The molecular weight excluding hydrogens is 526 g/mol. The van der Waals surface area contributed by atoms with Crippen molar-refractivity contribution in [2.75, 3.05) is 18.0 Å². The minimum atomic E-state index is -4.12. The van der Waals surface area contributed by atoms with E-state index in [2.05, 4.69) is 5.32 Å². The molecule has 0 spiro atoms. The quantitative estimate of drug-likeness (QED) is 0.366. The van der Waals surface area contributed by atoms with E-state index < -0.39 is 28.5 Å². The van der Waals surface area contributed by atoms with Crippen LogP contribution in [0.1, 0.15) is 43.7 Å². The zero-order valence-electron chi connectivity index (χ0n) is 23.2. The zero-order valence-corrected chi connectivity index (χ0v) is 24.1. The van der Waals surface area contributed by atoms with Crippen LogP contribution in [0.4, 0.5) is 5.69 Å². The largest absolute Gasteiger partial charge is 0.497 e. The molecule has 1 atom stereocenters. The minimum Gasteiger partial charge on any atom is -0.497 e. The van der Waals surface area contributed by atoms with Gasteiger partial charge in [-0.2, -0.15) is 0 Å². The molecule has 0 radical (unpaired) electrons. The Labute approximate surface area is 237 Å². The summed E-state index contributed by atoms with van der Waals surface area (Å²) in [5.41, 5.74) is 2.24. The number of carbonyl (C=O) groups is 2. The number of nitrogens with one attached hydrogen (secondary N) is 1. The summed E-state index contributed by atoms with van der Waals surface area (Å²) in [5.74, 6) is -0.193. The molecular formula is C31H37N3O5S. The number of benzene rings is 3. The Balaban J connectivity index is 1.66. The number of nitrogens with zero attached hydrogens (tertiary/aromatic N) is 2. The number of hydrogen-bond donors (Lipinski definition) is 1. The summed E-state index contributed by atoms with van der Waals surface area (Å²) in [5, 5.41) is 3.09. The number of rotatable bonds is 11. The Bertz CT molecular complexity index is 1400. The first-order chi connectivity index (χ1) is 19.2. The molecule has 3 aromatic carbocycles. The van der Waals surface area contributed by atoms with Crippen molar-refractivity contribution < 1.29 is 22.7 Å². The average Bonchev–Trinajstić information content (AvgIpc) is 3.47. The van der Waals surface area contributed by atoms with Gasteiger partial charge in [0.05, 0.1) is 17.7 Å². The minimum absolute atomic E-state index is 0.0298. The molecule has 3 aromatic rings. The van der Waals surface area contributed by atoms with E-state index in [1.54, 1.807) is 49.4 Å². The fraction of sp³-hybridized carbons (Fsp3) is 0.355. The lowest BCUT2D eigenvalue weighted by Gasteiger charge is -2.32. The van der Waals surface area contributed by atoms with Gasteiger partial charge in [0.15, 0.2) is 0 Å². The van der Waals surface area contributed by atoms with E-state index in [9.17, 15) is 18.0 Å². The van der Waals surface area contributed by atoms with Crippen molar-refractivity contribution in [2.45, 2.75) is 63.1 Å². The fourth-order valence-corrected chi connectivity index (χ4v) is 6.39. The second kappa shape index (κ2) is 13.0. The molecule has 40 heavy (non-hydrogen) atoms. The van der Waals surface area contributed by atoms with E-state index in [1.807, 2.05) is 31.2 Å².